The number of nitrogens with one attached hydrogen (secondary N) is 3. The van der Waals surface area contributed by atoms with Crippen LogP contribution in [0.15, 0.2) is 29.2 Å². The highest BCUT2D eigenvalue weighted by molar-refractivity contribution is 6.37. The van der Waals surface area contributed by atoms with Gasteiger partial charge in [-0.05, 0) is 48.5 Å². The maximum atomic E-state index is 13.9. The monoisotopic (exact) mass is 600 g/mol. The third-order valence-corrected chi connectivity index (χ3v) is 8.29. The Hall–Kier alpha value is -3.70. The molecule has 1 unspecified atom stereocenters. The van der Waals surface area contributed by atoms with Crippen molar-refractivity contribution in [3.63, 3.8) is 0 Å². The van der Waals surface area contributed by atoms with Crippen LogP contribution in [-0.4, -0.2) is 69.7 Å². The predicted molar refractivity (Wildman–Crippen MR) is 162 cm³/mol. The molecule has 238 valence electrons. The van der Waals surface area contributed by atoms with Crippen LogP contribution in [0.25, 0.3) is 0 Å². The van der Waals surface area contributed by atoms with E-state index in [0.29, 0.717) is 38.1 Å². The van der Waals surface area contributed by atoms with Gasteiger partial charge in [0.25, 0.3) is 11.5 Å². The average Bonchev–Trinajstić information content (AvgIpc) is 3.61. The van der Waals surface area contributed by atoms with Crippen LogP contribution in [0, 0.1) is 16.7 Å². The van der Waals surface area contributed by atoms with E-state index >= 15 is 0 Å². The lowest BCUT2D eigenvalue weighted by Gasteiger charge is -2.37. The van der Waals surface area contributed by atoms with Crippen LogP contribution >= 0.6 is 0 Å². The lowest BCUT2D eigenvalue weighted by molar-refractivity contribution is -0.143. The van der Waals surface area contributed by atoms with E-state index in [1.165, 1.54) is 15.5 Å². The summed E-state index contributed by atoms with van der Waals surface area (Å²) in [5.74, 6) is -2.39. The Bertz CT molecular complexity index is 1260. The third kappa shape index (κ3) is 9.39. The second kappa shape index (κ2) is 13.7. The van der Waals surface area contributed by atoms with Gasteiger partial charge in [0, 0.05) is 25.4 Å². The van der Waals surface area contributed by atoms with E-state index in [9.17, 15) is 28.8 Å². The number of likely N-dealkylation sites (tertiary alicyclic amines) is 1. The van der Waals surface area contributed by atoms with E-state index in [1.807, 2.05) is 41.5 Å². The zero-order valence-electron chi connectivity index (χ0n) is 26.3. The second-order valence-corrected chi connectivity index (χ2v) is 14.0. The van der Waals surface area contributed by atoms with E-state index < -0.39 is 64.5 Å². The molecule has 0 bridgehead atoms. The molecule has 12 nitrogen and oxygen atoms in total. The normalized spacial score (nSPS) is 19.2. The number of carbonyl (C=O) groups is 5. The van der Waals surface area contributed by atoms with Crippen molar-refractivity contribution in [2.75, 3.05) is 6.54 Å². The summed E-state index contributed by atoms with van der Waals surface area (Å²) in [6, 6.07) is 0.996. The second-order valence-electron chi connectivity index (χ2n) is 14.0. The number of rotatable bonds is 12. The zero-order valence-corrected chi connectivity index (χ0v) is 26.3. The molecule has 1 aliphatic carbocycles. The maximum absolute atomic E-state index is 13.9. The molecule has 1 saturated carbocycles. The summed E-state index contributed by atoms with van der Waals surface area (Å²) in [7, 11) is 0. The Morgan fingerprint density at radius 2 is 1.63 bits per heavy atom. The number of nitrogens with two attached hydrogens (primary N) is 1. The number of pyridine rings is 1. The van der Waals surface area contributed by atoms with Gasteiger partial charge in [0.05, 0.1) is 12.1 Å². The molecule has 4 atom stereocenters. The summed E-state index contributed by atoms with van der Waals surface area (Å²) in [4.78, 5) is 78.5. The molecule has 5 N–H and O–H groups in total. The molecule has 0 radical (unpaired) electrons. The summed E-state index contributed by atoms with van der Waals surface area (Å²) in [5.41, 5.74) is 3.93. The molecule has 0 spiro atoms. The van der Waals surface area contributed by atoms with Crippen LogP contribution in [0.2, 0.25) is 0 Å². The van der Waals surface area contributed by atoms with Crippen LogP contribution in [0.1, 0.15) is 80.1 Å². The standard InChI is InChI=1S/C31H48N6O6/c1-30(2,3)22(18-36-16-8-7-11-23(36)38)34-29(43)35-25(31(4,5)6)28(42)37-17-9-10-21(37)27(41)33-20(24(39)26(32)40)15-14-19-12-13-19/h7-8,11,16,19-22,25H,9-10,12-15,17-18H2,1-6H3,(H2,32,40)(H,33,41)(H2,34,35,43)/t20?,21-,22+,25+/m0/s1. The smallest absolute Gasteiger partial charge is 0.315 e. The van der Waals surface area contributed by atoms with Crippen LogP contribution < -0.4 is 27.2 Å². The van der Waals surface area contributed by atoms with Crippen LogP contribution in [-0.2, 0) is 25.7 Å². The third-order valence-electron chi connectivity index (χ3n) is 8.29. The lowest BCUT2D eigenvalue weighted by atomic mass is 9.85. The highest BCUT2D eigenvalue weighted by atomic mass is 16.2. The first-order chi connectivity index (χ1) is 20.0. The molecule has 2 heterocycles. The summed E-state index contributed by atoms with van der Waals surface area (Å²) >= 11 is 0. The van der Waals surface area contributed by atoms with Crippen molar-refractivity contribution in [1.82, 2.24) is 25.4 Å². The van der Waals surface area contributed by atoms with Crippen molar-refractivity contribution in [1.29, 1.82) is 0 Å². The van der Waals surface area contributed by atoms with Gasteiger partial charge < -0.3 is 31.2 Å². The molecule has 1 aromatic rings. The van der Waals surface area contributed by atoms with Crippen LogP contribution in [0.3, 0.4) is 0 Å². The summed E-state index contributed by atoms with van der Waals surface area (Å²) < 4.78 is 1.52. The molecular formula is C31H48N6O6. The van der Waals surface area contributed by atoms with Crippen molar-refractivity contribution in [2.45, 2.75) is 111 Å². The Morgan fingerprint density at radius 3 is 2.19 bits per heavy atom. The van der Waals surface area contributed by atoms with Gasteiger partial charge in [-0.3, -0.25) is 24.0 Å². The van der Waals surface area contributed by atoms with Crippen molar-refractivity contribution in [2.24, 2.45) is 22.5 Å². The molecule has 1 aromatic heterocycles. The number of carbonyl (C=O) groups excluding carboxylic acids is 5. The average molecular weight is 601 g/mol. The largest absolute Gasteiger partial charge is 0.363 e. The first-order valence-corrected chi connectivity index (χ1v) is 15.2. The number of primary amides is 1. The molecule has 2 fully saturated rings. The number of amides is 5. The van der Waals surface area contributed by atoms with Gasteiger partial charge in [-0.1, -0.05) is 60.5 Å². The Balaban J connectivity index is 1.73. The summed E-state index contributed by atoms with van der Waals surface area (Å²) in [5, 5.41) is 8.47. The minimum atomic E-state index is -1.10. The van der Waals surface area contributed by atoms with E-state index in [2.05, 4.69) is 16.0 Å². The number of Topliss-reactive ketones (excluding diaryl/α,β-unsaturated/α-hetero) is 1. The SMILES string of the molecule is CC(C)(C)[C@H](NC(=O)N[C@H](Cn1ccccc1=O)C(C)(C)C)C(=O)N1CCC[C@H]1C(=O)NC(CCC1CC1)C(=O)C(N)=O. The Labute approximate surface area is 253 Å². The maximum Gasteiger partial charge on any atom is 0.315 e. The summed E-state index contributed by atoms with van der Waals surface area (Å²) in [6.45, 7) is 11.9. The number of hydrogen-bond donors (Lipinski definition) is 4. The van der Waals surface area contributed by atoms with Crippen LogP contribution in [0.5, 0.6) is 0 Å². The van der Waals surface area contributed by atoms with E-state index in [4.69, 9.17) is 5.73 Å². The number of ketones is 1. The zero-order chi connectivity index (χ0) is 32.1. The first kappa shape index (κ1) is 33.8. The molecule has 3 rings (SSSR count). The molecule has 5 amide bonds. The van der Waals surface area contributed by atoms with Gasteiger partial charge in [-0.15, -0.1) is 0 Å². The highest BCUT2D eigenvalue weighted by Crippen LogP contribution is 2.34. The lowest BCUT2D eigenvalue weighted by Crippen LogP contribution is -2.61. The van der Waals surface area contributed by atoms with Gasteiger partial charge >= 0.3 is 6.03 Å². The number of hydrogen-bond acceptors (Lipinski definition) is 6. The van der Waals surface area contributed by atoms with Crippen molar-refractivity contribution < 1.29 is 24.0 Å². The molecule has 0 aromatic carbocycles. The molecule has 43 heavy (non-hydrogen) atoms. The van der Waals surface area contributed by atoms with E-state index in [-0.39, 0.29) is 12.1 Å². The number of nitrogens with zero attached hydrogens (tertiary/aromatic N) is 2. The molecule has 12 heteroatoms. The van der Waals surface area contributed by atoms with Crippen LogP contribution in [0.4, 0.5) is 4.79 Å². The summed E-state index contributed by atoms with van der Waals surface area (Å²) in [6.07, 6.45) is 5.76. The molecule has 1 saturated heterocycles. The van der Waals surface area contributed by atoms with Crippen molar-refractivity contribution in [3.05, 3.63) is 34.7 Å². The van der Waals surface area contributed by atoms with E-state index in [1.54, 1.807) is 18.3 Å². The quantitative estimate of drug-likeness (QED) is 0.266. The van der Waals surface area contributed by atoms with Gasteiger partial charge in [0.1, 0.15) is 12.1 Å². The van der Waals surface area contributed by atoms with Crippen molar-refractivity contribution >= 4 is 29.5 Å². The fraction of sp³-hybridized carbons (Fsp3) is 0.677. The molecule has 2 aliphatic rings. The molecular weight excluding hydrogens is 552 g/mol. The predicted octanol–water partition coefficient (Wildman–Crippen LogP) is 1.70. The highest BCUT2D eigenvalue weighted by Gasteiger charge is 2.43. The van der Waals surface area contributed by atoms with Gasteiger partial charge in [-0.25, -0.2) is 4.79 Å². The number of aromatic nitrogens is 1. The van der Waals surface area contributed by atoms with Crippen molar-refractivity contribution in [3.8, 4) is 0 Å². The minimum absolute atomic E-state index is 0.188. The fourth-order valence-electron chi connectivity index (χ4n) is 5.31. The van der Waals surface area contributed by atoms with Gasteiger partial charge in [0.2, 0.25) is 17.6 Å². The molecule has 1 aliphatic heterocycles. The Morgan fingerprint density at radius 1 is 0.953 bits per heavy atom. The van der Waals surface area contributed by atoms with Gasteiger partial charge in [0.15, 0.2) is 0 Å². The topological polar surface area (TPSA) is 173 Å². The van der Waals surface area contributed by atoms with E-state index in [0.717, 1.165) is 12.8 Å². The van der Waals surface area contributed by atoms with Gasteiger partial charge in [-0.2, -0.15) is 0 Å². The Kier molecular flexibility index (Phi) is 10.8. The fourth-order valence-corrected chi connectivity index (χ4v) is 5.31. The number of urea groups is 1. The first-order valence-electron chi connectivity index (χ1n) is 15.2. The minimum Gasteiger partial charge on any atom is -0.363 e.